The predicted octanol–water partition coefficient (Wildman–Crippen LogP) is 2.85. The molecular formula is C27H34N6O3. The van der Waals surface area contributed by atoms with Crippen molar-refractivity contribution >= 4 is 17.5 Å². The molecule has 190 valence electrons. The van der Waals surface area contributed by atoms with E-state index in [1.807, 2.05) is 63.2 Å². The molecule has 2 heterocycles. The Morgan fingerprint density at radius 1 is 1.14 bits per heavy atom. The van der Waals surface area contributed by atoms with Gasteiger partial charge >= 0.3 is 0 Å². The Morgan fingerprint density at radius 2 is 1.89 bits per heavy atom. The molecule has 0 bridgehead atoms. The van der Waals surface area contributed by atoms with Crippen LogP contribution >= 0.6 is 0 Å². The minimum Gasteiger partial charge on any atom is -0.391 e. The van der Waals surface area contributed by atoms with Crippen molar-refractivity contribution in [1.29, 1.82) is 0 Å². The second-order valence-electron chi connectivity index (χ2n) is 10.3. The molecule has 3 N–H and O–H groups in total. The van der Waals surface area contributed by atoms with Crippen LogP contribution in [0.4, 0.5) is 5.69 Å². The van der Waals surface area contributed by atoms with E-state index in [0.717, 1.165) is 11.3 Å². The summed E-state index contributed by atoms with van der Waals surface area (Å²) in [6.45, 7) is 6.66. The Balaban J connectivity index is 1.57. The summed E-state index contributed by atoms with van der Waals surface area (Å²) in [5, 5.41) is 24.9. The summed E-state index contributed by atoms with van der Waals surface area (Å²) in [6.07, 6.45) is 1.24. The van der Waals surface area contributed by atoms with E-state index in [1.54, 1.807) is 10.9 Å². The third-order valence-corrected chi connectivity index (χ3v) is 6.44. The van der Waals surface area contributed by atoms with Crippen LogP contribution in [0.15, 0.2) is 60.8 Å². The third kappa shape index (κ3) is 5.57. The number of hydrogen-bond donors (Lipinski definition) is 3. The highest BCUT2D eigenvalue weighted by molar-refractivity contribution is 5.90. The molecule has 1 saturated heterocycles. The average molecular weight is 491 g/mol. The number of carbonyl (C=O) groups excluding carboxylic acids is 2. The lowest BCUT2D eigenvalue weighted by molar-refractivity contribution is -0.144. The normalized spacial score (nSPS) is 18.6. The summed E-state index contributed by atoms with van der Waals surface area (Å²) in [4.78, 5) is 27.6. The molecule has 4 rings (SSSR count). The van der Waals surface area contributed by atoms with Crippen LogP contribution in [0.3, 0.4) is 0 Å². The first-order valence-corrected chi connectivity index (χ1v) is 12.2. The summed E-state index contributed by atoms with van der Waals surface area (Å²) < 4.78 is 1.58. The monoisotopic (exact) mass is 490 g/mol. The number of β-amino-alcohol motifs (C(OH)–C–C–N with tert-alkyl or cyclic N) is 1. The second kappa shape index (κ2) is 10.5. The number of rotatable bonds is 7. The molecule has 2 unspecified atom stereocenters. The minimum atomic E-state index is -0.741. The number of likely N-dealkylation sites (N-methyl/N-ethyl adjacent to an activating group) is 1. The quantitative estimate of drug-likeness (QED) is 0.470. The van der Waals surface area contributed by atoms with Gasteiger partial charge < -0.3 is 20.6 Å². The maximum Gasteiger partial charge on any atom is 0.248 e. The summed E-state index contributed by atoms with van der Waals surface area (Å²) in [5.74, 6) is -0.547. The van der Waals surface area contributed by atoms with Gasteiger partial charge in [0.1, 0.15) is 17.8 Å². The summed E-state index contributed by atoms with van der Waals surface area (Å²) in [7, 11) is 1.53. The van der Waals surface area contributed by atoms with Crippen LogP contribution in [0.2, 0.25) is 0 Å². The fourth-order valence-corrected chi connectivity index (χ4v) is 4.63. The van der Waals surface area contributed by atoms with Gasteiger partial charge in [0.15, 0.2) is 0 Å². The van der Waals surface area contributed by atoms with E-state index in [0.29, 0.717) is 12.2 Å². The van der Waals surface area contributed by atoms with E-state index in [2.05, 4.69) is 33.1 Å². The van der Waals surface area contributed by atoms with Gasteiger partial charge in [0.2, 0.25) is 11.8 Å². The molecule has 0 aliphatic carbocycles. The number of nitrogens with one attached hydrogen (secondary N) is 2. The Hall–Kier alpha value is -3.72. The predicted molar refractivity (Wildman–Crippen MR) is 138 cm³/mol. The molecule has 0 radical (unpaired) electrons. The van der Waals surface area contributed by atoms with Crippen LogP contribution in [0, 0.1) is 5.41 Å². The number of hydrogen-bond acceptors (Lipinski definition) is 6. The van der Waals surface area contributed by atoms with Crippen LogP contribution in [0.1, 0.15) is 38.8 Å². The highest BCUT2D eigenvalue weighted by Gasteiger charge is 2.45. The van der Waals surface area contributed by atoms with Gasteiger partial charge in [-0.2, -0.15) is 0 Å². The maximum atomic E-state index is 13.7. The number of aromatic nitrogens is 3. The molecule has 2 aromatic carbocycles. The van der Waals surface area contributed by atoms with Gasteiger partial charge in [0, 0.05) is 37.8 Å². The summed E-state index contributed by atoms with van der Waals surface area (Å²) >= 11 is 0. The van der Waals surface area contributed by atoms with Gasteiger partial charge in [-0.1, -0.05) is 68.4 Å². The van der Waals surface area contributed by atoms with Gasteiger partial charge in [0.05, 0.1) is 12.3 Å². The molecule has 1 fully saturated rings. The van der Waals surface area contributed by atoms with Crippen molar-refractivity contribution in [3.05, 3.63) is 66.4 Å². The zero-order valence-corrected chi connectivity index (χ0v) is 21.2. The van der Waals surface area contributed by atoms with Gasteiger partial charge in [-0.25, -0.2) is 4.68 Å². The number of anilines is 1. The smallest absolute Gasteiger partial charge is 0.248 e. The van der Waals surface area contributed by atoms with Crippen molar-refractivity contribution in [1.82, 2.24) is 25.2 Å². The number of likely N-dealkylation sites (tertiary alicyclic amines) is 1. The largest absolute Gasteiger partial charge is 0.391 e. The number of amides is 2. The molecule has 2 amide bonds. The lowest BCUT2D eigenvalue weighted by Gasteiger charge is -2.34. The second-order valence-corrected chi connectivity index (χ2v) is 10.3. The first-order chi connectivity index (χ1) is 17.2. The van der Waals surface area contributed by atoms with Crippen LogP contribution in [-0.2, 0) is 16.1 Å². The molecule has 1 aliphatic rings. The highest BCUT2D eigenvalue weighted by atomic mass is 16.3. The molecule has 9 nitrogen and oxygen atoms in total. The Labute approximate surface area is 211 Å². The first kappa shape index (κ1) is 25.4. The average Bonchev–Trinajstić information content (AvgIpc) is 3.49. The Kier molecular flexibility index (Phi) is 7.40. The van der Waals surface area contributed by atoms with Crippen molar-refractivity contribution in [2.45, 2.75) is 51.9 Å². The fraction of sp³-hybridized carbons (Fsp3) is 0.407. The van der Waals surface area contributed by atoms with E-state index < -0.39 is 23.6 Å². The topological polar surface area (TPSA) is 112 Å². The first-order valence-electron chi connectivity index (χ1n) is 12.2. The Morgan fingerprint density at radius 3 is 2.58 bits per heavy atom. The fourth-order valence-electron chi connectivity index (χ4n) is 4.63. The molecule has 9 heteroatoms. The number of aliphatic hydroxyl groups is 1. The lowest BCUT2D eigenvalue weighted by Crippen LogP contribution is -2.49. The van der Waals surface area contributed by atoms with Gasteiger partial charge in [-0.3, -0.25) is 9.59 Å². The van der Waals surface area contributed by atoms with Crippen molar-refractivity contribution < 1.29 is 14.7 Å². The number of carbonyl (C=O) groups is 2. The highest BCUT2D eigenvalue weighted by Crippen LogP contribution is 2.35. The van der Waals surface area contributed by atoms with Crippen LogP contribution in [0.5, 0.6) is 0 Å². The van der Waals surface area contributed by atoms with Crippen LogP contribution in [0.25, 0.3) is 11.3 Å². The van der Waals surface area contributed by atoms with E-state index in [-0.39, 0.29) is 24.8 Å². The van der Waals surface area contributed by atoms with Gasteiger partial charge in [-0.05, 0) is 23.1 Å². The zero-order valence-electron chi connectivity index (χ0n) is 21.2. The van der Waals surface area contributed by atoms with Crippen molar-refractivity contribution in [3.63, 3.8) is 0 Å². The summed E-state index contributed by atoms with van der Waals surface area (Å²) in [5.41, 5.74) is 3.14. The zero-order chi connectivity index (χ0) is 25.9. The SMILES string of the molecule is CNC(=O)C1CC(O)CN1C(=O)[C@@H](n1cc(-c2cccc(NCc3ccccc3)c2)nn1)C(C)(C)C. The van der Waals surface area contributed by atoms with E-state index in [9.17, 15) is 14.7 Å². The summed E-state index contributed by atoms with van der Waals surface area (Å²) in [6, 6.07) is 16.7. The molecule has 3 atom stereocenters. The van der Waals surface area contributed by atoms with Crippen molar-refractivity contribution in [3.8, 4) is 11.3 Å². The molecular weight excluding hydrogens is 456 g/mol. The lowest BCUT2D eigenvalue weighted by atomic mass is 9.85. The molecule has 0 spiro atoms. The van der Waals surface area contributed by atoms with Gasteiger partial charge in [0.25, 0.3) is 0 Å². The van der Waals surface area contributed by atoms with E-state index >= 15 is 0 Å². The van der Waals surface area contributed by atoms with Crippen molar-refractivity contribution in [2.24, 2.45) is 5.41 Å². The minimum absolute atomic E-state index is 0.111. The molecule has 0 saturated carbocycles. The number of aliphatic hydroxyl groups excluding tert-OH is 1. The molecule has 3 aromatic rings. The molecule has 1 aromatic heterocycles. The number of benzene rings is 2. The van der Waals surface area contributed by atoms with Crippen molar-refractivity contribution in [2.75, 3.05) is 18.9 Å². The maximum absolute atomic E-state index is 13.7. The Bertz CT molecular complexity index is 1200. The van der Waals surface area contributed by atoms with Crippen LogP contribution in [-0.4, -0.2) is 62.6 Å². The van der Waals surface area contributed by atoms with E-state index in [1.165, 1.54) is 17.5 Å². The van der Waals surface area contributed by atoms with Crippen LogP contribution < -0.4 is 10.6 Å². The van der Waals surface area contributed by atoms with Gasteiger partial charge in [-0.15, -0.1) is 5.10 Å². The number of nitrogens with zero attached hydrogens (tertiary/aromatic N) is 4. The molecule has 36 heavy (non-hydrogen) atoms. The third-order valence-electron chi connectivity index (χ3n) is 6.44. The van der Waals surface area contributed by atoms with E-state index in [4.69, 9.17) is 0 Å². The molecule has 1 aliphatic heterocycles. The standard InChI is InChI=1S/C27H34N6O3/c1-27(2,3)24(26(36)32-16-21(34)14-23(32)25(35)28-4)33-17-22(30-31-33)19-11-8-12-20(13-19)29-15-18-9-6-5-7-10-18/h5-13,17,21,23-24,29,34H,14-16H2,1-4H3,(H,28,35)/t21?,23?,24-/m1/s1.